The van der Waals surface area contributed by atoms with Crippen LogP contribution in [0, 0.1) is 0 Å². The second-order valence-corrected chi connectivity index (χ2v) is 5.05. The highest BCUT2D eigenvalue weighted by Crippen LogP contribution is 2.20. The number of thiol groups is 1. The van der Waals surface area contributed by atoms with Gasteiger partial charge in [-0.05, 0) is 18.2 Å². The van der Waals surface area contributed by atoms with E-state index in [9.17, 15) is 13.2 Å². The first-order valence-corrected chi connectivity index (χ1v) is 5.88. The summed E-state index contributed by atoms with van der Waals surface area (Å²) >= 11 is 3.99. The second-order valence-electron chi connectivity index (χ2n) is 2.88. The molecule has 5 nitrogen and oxygen atoms in total. The van der Waals surface area contributed by atoms with Crippen LogP contribution in [0.3, 0.4) is 0 Å². The highest BCUT2D eigenvalue weighted by atomic mass is 32.2. The summed E-state index contributed by atoms with van der Waals surface area (Å²) in [5.74, 6) is -0.646. The number of hydrogen-bond acceptors (Lipinski definition) is 5. The lowest BCUT2D eigenvalue weighted by Crippen LogP contribution is -2.28. The number of rotatable bonds is 2. The molecular weight excluding hydrogens is 236 g/mol. The van der Waals surface area contributed by atoms with Gasteiger partial charge < -0.3 is 5.73 Å². The van der Waals surface area contributed by atoms with Gasteiger partial charge in [0.15, 0.2) is 0 Å². The molecular formula is C8H10N2O3S2. The summed E-state index contributed by atoms with van der Waals surface area (Å²) in [6, 6.07) is 4.00. The van der Waals surface area contributed by atoms with E-state index >= 15 is 0 Å². The van der Waals surface area contributed by atoms with Gasteiger partial charge in [0.25, 0.3) is 10.0 Å². The van der Waals surface area contributed by atoms with Crippen molar-refractivity contribution < 1.29 is 13.2 Å². The van der Waals surface area contributed by atoms with Crippen molar-refractivity contribution in [1.29, 1.82) is 0 Å². The highest BCUT2D eigenvalue weighted by molar-refractivity contribution is 7.90. The first kappa shape index (κ1) is 11.9. The van der Waals surface area contributed by atoms with E-state index in [2.05, 4.69) is 12.6 Å². The monoisotopic (exact) mass is 246 g/mol. The van der Waals surface area contributed by atoms with Crippen molar-refractivity contribution in [2.24, 2.45) is 0 Å². The molecule has 7 heteroatoms. The van der Waals surface area contributed by atoms with E-state index in [0.29, 0.717) is 10.6 Å². The third kappa shape index (κ3) is 2.87. The van der Waals surface area contributed by atoms with Gasteiger partial charge in [0.2, 0.25) is 5.91 Å². The second kappa shape index (κ2) is 4.11. The van der Waals surface area contributed by atoms with Gasteiger partial charge in [-0.15, -0.1) is 12.6 Å². The minimum absolute atomic E-state index is 0.0445. The van der Waals surface area contributed by atoms with Crippen LogP contribution in [0.1, 0.15) is 6.92 Å². The van der Waals surface area contributed by atoms with Crippen LogP contribution in [0.2, 0.25) is 0 Å². The number of nitrogen functional groups attached to an aromatic ring is 1. The Morgan fingerprint density at radius 3 is 2.53 bits per heavy atom. The Hall–Kier alpha value is -1.21. The lowest BCUT2D eigenvalue weighted by atomic mass is 10.3. The molecule has 82 valence electrons. The number of carbonyl (C=O) groups is 1. The van der Waals surface area contributed by atoms with Crippen LogP contribution in [0.5, 0.6) is 0 Å². The van der Waals surface area contributed by atoms with Gasteiger partial charge in [-0.3, -0.25) is 4.79 Å². The molecule has 1 aromatic rings. The number of carbonyl (C=O) groups excluding carboxylic acids is 1. The van der Waals surface area contributed by atoms with E-state index in [1.807, 2.05) is 4.72 Å². The molecule has 0 heterocycles. The fourth-order valence-corrected chi connectivity index (χ4v) is 2.26. The van der Waals surface area contributed by atoms with Crippen molar-refractivity contribution >= 4 is 34.2 Å². The zero-order chi connectivity index (χ0) is 11.6. The number of amides is 1. The molecule has 0 atom stereocenters. The molecule has 0 aliphatic rings. The summed E-state index contributed by atoms with van der Waals surface area (Å²) < 4.78 is 24.8. The molecule has 1 rings (SSSR count). The van der Waals surface area contributed by atoms with E-state index < -0.39 is 15.9 Å². The molecule has 0 unspecified atom stereocenters. The van der Waals surface area contributed by atoms with E-state index in [-0.39, 0.29) is 4.90 Å². The van der Waals surface area contributed by atoms with Crippen LogP contribution >= 0.6 is 12.6 Å². The molecule has 0 saturated carbocycles. The Morgan fingerprint density at radius 1 is 1.47 bits per heavy atom. The van der Waals surface area contributed by atoms with Crippen molar-refractivity contribution in [3.05, 3.63) is 18.2 Å². The van der Waals surface area contributed by atoms with Gasteiger partial charge in [0, 0.05) is 17.5 Å². The van der Waals surface area contributed by atoms with Gasteiger partial charge in [0.1, 0.15) is 0 Å². The Balaban J connectivity index is 3.17. The summed E-state index contributed by atoms with van der Waals surface area (Å²) in [6.07, 6.45) is 0. The van der Waals surface area contributed by atoms with E-state index in [0.717, 1.165) is 6.92 Å². The maximum Gasteiger partial charge on any atom is 0.264 e. The van der Waals surface area contributed by atoms with E-state index in [4.69, 9.17) is 5.73 Å². The largest absolute Gasteiger partial charge is 0.398 e. The van der Waals surface area contributed by atoms with Crippen LogP contribution in [-0.4, -0.2) is 14.3 Å². The van der Waals surface area contributed by atoms with Gasteiger partial charge in [-0.2, -0.15) is 0 Å². The topological polar surface area (TPSA) is 89.3 Å². The minimum atomic E-state index is -3.80. The maximum absolute atomic E-state index is 11.5. The van der Waals surface area contributed by atoms with Crippen LogP contribution in [0.4, 0.5) is 5.69 Å². The van der Waals surface area contributed by atoms with Crippen molar-refractivity contribution in [2.45, 2.75) is 16.7 Å². The van der Waals surface area contributed by atoms with Crippen LogP contribution in [0.25, 0.3) is 0 Å². The van der Waals surface area contributed by atoms with Crippen LogP contribution in [-0.2, 0) is 14.8 Å². The summed E-state index contributed by atoms with van der Waals surface area (Å²) in [4.78, 5) is 11.0. The lowest BCUT2D eigenvalue weighted by Gasteiger charge is -2.06. The molecule has 0 aliphatic carbocycles. The average molecular weight is 246 g/mol. The Bertz CT molecular complexity index is 497. The molecule has 0 bridgehead atoms. The Kier molecular flexibility index (Phi) is 3.25. The first-order valence-electron chi connectivity index (χ1n) is 3.95. The predicted octanol–water partition coefficient (Wildman–Crippen LogP) is 0.382. The quantitative estimate of drug-likeness (QED) is 0.520. The highest BCUT2D eigenvalue weighted by Gasteiger charge is 2.15. The number of sulfonamides is 1. The fraction of sp³-hybridized carbons (Fsp3) is 0.125. The fourth-order valence-electron chi connectivity index (χ4n) is 0.939. The van der Waals surface area contributed by atoms with Gasteiger partial charge in [0.05, 0.1) is 4.90 Å². The Labute approximate surface area is 93.1 Å². The molecule has 0 aliphatic heterocycles. The summed E-state index contributed by atoms with van der Waals surface area (Å²) in [7, 11) is -3.80. The van der Waals surface area contributed by atoms with Crippen molar-refractivity contribution in [1.82, 2.24) is 4.72 Å². The van der Waals surface area contributed by atoms with Gasteiger partial charge >= 0.3 is 0 Å². The van der Waals surface area contributed by atoms with E-state index in [1.165, 1.54) is 18.2 Å². The molecule has 1 aromatic carbocycles. The maximum atomic E-state index is 11.5. The standard InChI is InChI=1S/C8H10N2O3S2/c1-5(11)10-15(12,13)6-2-3-7(9)8(14)4-6/h2-4,14H,9H2,1H3,(H,10,11). The molecule has 0 fully saturated rings. The lowest BCUT2D eigenvalue weighted by molar-refractivity contribution is -0.117. The number of nitrogens with two attached hydrogens (primary N) is 1. The van der Waals surface area contributed by atoms with Crippen LogP contribution in [0.15, 0.2) is 28.0 Å². The minimum Gasteiger partial charge on any atom is -0.398 e. The van der Waals surface area contributed by atoms with Crippen molar-refractivity contribution in [3.63, 3.8) is 0 Å². The zero-order valence-corrected chi connectivity index (χ0v) is 9.60. The Morgan fingerprint density at radius 2 is 2.07 bits per heavy atom. The predicted molar refractivity (Wildman–Crippen MR) is 59.1 cm³/mol. The van der Waals surface area contributed by atoms with Gasteiger partial charge in [-0.1, -0.05) is 0 Å². The smallest absolute Gasteiger partial charge is 0.264 e. The van der Waals surface area contributed by atoms with Gasteiger partial charge in [-0.25, -0.2) is 13.1 Å². The summed E-state index contributed by atoms with van der Waals surface area (Å²) in [5.41, 5.74) is 5.85. The number of benzene rings is 1. The summed E-state index contributed by atoms with van der Waals surface area (Å²) in [5, 5.41) is 0. The first-order chi connectivity index (χ1) is 6.83. The van der Waals surface area contributed by atoms with Crippen LogP contribution < -0.4 is 10.5 Å². The SMILES string of the molecule is CC(=O)NS(=O)(=O)c1ccc(N)c(S)c1. The normalized spacial score (nSPS) is 11.1. The van der Waals surface area contributed by atoms with Crippen molar-refractivity contribution in [2.75, 3.05) is 5.73 Å². The molecule has 0 aromatic heterocycles. The van der Waals surface area contributed by atoms with E-state index in [1.54, 1.807) is 0 Å². The molecule has 15 heavy (non-hydrogen) atoms. The molecule has 1 amide bonds. The zero-order valence-electron chi connectivity index (χ0n) is 7.89. The molecule has 0 saturated heterocycles. The number of nitrogens with one attached hydrogen (secondary N) is 1. The van der Waals surface area contributed by atoms with Crippen molar-refractivity contribution in [3.8, 4) is 0 Å². The molecule has 3 N–H and O–H groups in total. The molecule has 0 spiro atoms. The third-order valence-electron chi connectivity index (χ3n) is 1.59. The number of anilines is 1. The average Bonchev–Trinajstić information content (AvgIpc) is 2.07. The summed E-state index contributed by atoms with van der Waals surface area (Å²) in [6.45, 7) is 1.12. The number of hydrogen-bond donors (Lipinski definition) is 3. The molecule has 0 radical (unpaired) electrons. The third-order valence-corrected chi connectivity index (χ3v) is 3.41.